The van der Waals surface area contributed by atoms with E-state index in [1.807, 2.05) is 48.5 Å². The van der Waals surface area contributed by atoms with E-state index in [1.54, 1.807) is 19.1 Å². The van der Waals surface area contributed by atoms with Gasteiger partial charge in [0.05, 0.1) is 20.3 Å². The van der Waals surface area contributed by atoms with Gasteiger partial charge in [-0.15, -0.1) is 0 Å². The molecule has 2 aliphatic heterocycles. The Morgan fingerprint density at radius 2 is 1.41 bits per heavy atom. The van der Waals surface area contributed by atoms with Crippen LogP contribution >= 0.6 is 0 Å². The Morgan fingerprint density at radius 3 is 1.85 bits per heavy atom. The van der Waals surface area contributed by atoms with Crippen molar-refractivity contribution in [3.8, 4) is 11.5 Å². The number of carbonyl (C=O) groups is 2. The van der Waals surface area contributed by atoms with Crippen molar-refractivity contribution in [2.45, 2.75) is 24.9 Å². The van der Waals surface area contributed by atoms with E-state index >= 15 is 0 Å². The van der Waals surface area contributed by atoms with Gasteiger partial charge in [0, 0.05) is 6.54 Å². The summed E-state index contributed by atoms with van der Waals surface area (Å²) in [6, 6.07) is 14.0. The van der Waals surface area contributed by atoms with Crippen LogP contribution in [0.2, 0.25) is 0 Å². The normalized spacial score (nSPS) is 19.0. The Labute approximate surface area is 158 Å². The van der Waals surface area contributed by atoms with Gasteiger partial charge in [-0.05, 0) is 48.2 Å². The predicted octanol–water partition coefficient (Wildman–Crippen LogP) is 3.22. The minimum Gasteiger partial charge on any atom is -0.497 e. The Hall–Kier alpha value is -3.02. The molecule has 1 unspecified atom stereocenters. The van der Waals surface area contributed by atoms with Crippen LogP contribution in [0.3, 0.4) is 0 Å². The highest BCUT2D eigenvalue weighted by molar-refractivity contribution is 6.05. The molecule has 6 heteroatoms. The molecule has 2 aliphatic rings. The Morgan fingerprint density at radius 1 is 0.889 bits per heavy atom. The quantitative estimate of drug-likeness (QED) is 0.763. The number of nitrogens with zero attached hydrogens (tertiary/aromatic N) is 2. The first-order valence-electron chi connectivity index (χ1n) is 9.05. The fourth-order valence-corrected chi connectivity index (χ4v) is 3.95. The van der Waals surface area contributed by atoms with Crippen molar-refractivity contribution in [1.29, 1.82) is 0 Å². The molecule has 0 aliphatic carbocycles. The Kier molecular flexibility index (Phi) is 4.48. The summed E-state index contributed by atoms with van der Waals surface area (Å²) in [5.74, 6) is 1.34. The minimum atomic E-state index is -0.479. The standard InChI is InChI=1S/C21H22N2O4/c1-26-16-9-5-14(6-10-16)19(15-7-11-17(27-2)12-8-15)23-20(24)18-4-3-13-22(18)21(23)25/h5-12,18-19H,3-4,13H2,1-2H3. The van der Waals surface area contributed by atoms with Gasteiger partial charge in [0.1, 0.15) is 17.5 Å². The summed E-state index contributed by atoms with van der Waals surface area (Å²) in [4.78, 5) is 29.2. The summed E-state index contributed by atoms with van der Waals surface area (Å²) in [5, 5.41) is 0. The monoisotopic (exact) mass is 366 g/mol. The number of methoxy groups -OCH3 is 2. The molecule has 0 bridgehead atoms. The van der Waals surface area contributed by atoms with Gasteiger partial charge in [0.15, 0.2) is 0 Å². The molecule has 2 aromatic rings. The molecule has 1 atom stereocenters. The molecule has 140 valence electrons. The topological polar surface area (TPSA) is 59.1 Å². The Balaban J connectivity index is 1.77. The number of amides is 3. The van der Waals surface area contributed by atoms with Crippen molar-refractivity contribution in [3.05, 3.63) is 59.7 Å². The van der Waals surface area contributed by atoms with E-state index in [0.717, 1.165) is 35.5 Å². The van der Waals surface area contributed by atoms with Gasteiger partial charge >= 0.3 is 6.03 Å². The van der Waals surface area contributed by atoms with E-state index in [2.05, 4.69) is 0 Å². The number of fused-ring (bicyclic) bond motifs is 1. The van der Waals surface area contributed by atoms with Gasteiger partial charge < -0.3 is 14.4 Å². The molecule has 2 saturated heterocycles. The second kappa shape index (κ2) is 6.95. The third-order valence-corrected chi connectivity index (χ3v) is 5.35. The highest BCUT2D eigenvalue weighted by Crippen LogP contribution is 2.38. The summed E-state index contributed by atoms with van der Waals surface area (Å²) in [6.07, 6.45) is 1.62. The fraction of sp³-hybridized carbons (Fsp3) is 0.333. The third kappa shape index (κ3) is 2.91. The van der Waals surface area contributed by atoms with Gasteiger partial charge in [-0.1, -0.05) is 24.3 Å². The van der Waals surface area contributed by atoms with Crippen LogP contribution in [0.4, 0.5) is 4.79 Å². The summed E-state index contributed by atoms with van der Waals surface area (Å²) < 4.78 is 10.5. The van der Waals surface area contributed by atoms with Crippen LogP contribution < -0.4 is 9.47 Å². The number of imide groups is 1. The lowest BCUT2D eigenvalue weighted by Gasteiger charge is -2.27. The molecule has 4 rings (SSSR count). The van der Waals surface area contributed by atoms with Crippen LogP contribution in [0.25, 0.3) is 0 Å². The first-order valence-corrected chi connectivity index (χ1v) is 9.05. The van der Waals surface area contributed by atoms with Crippen LogP contribution in [0.5, 0.6) is 11.5 Å². The molecule has 0 aromatic heterocycles. The molecule has 0 spiro atoms. The number of rotatable bonds is 5. The van der Waals surface area contributed by atoms with Crippen molar-refractivity contribution >= 4 is 11.9 Å². The van der Waals surface area contributed by atoms with Crippen LogP contribution in [0.15, 0.2) is 48.5 Å². The van der Waals surface area contributed by atoms with Crippen LogP contribution in [0.1, 0.15) is 30.0 Å². The van der Waals surface area contributed by atoms with E-state index in [-0.39, 0.29) is 18.0 Å². The van der Waals surface area contributed by atoms with Gasteiger partial charge in [0.25, 0.3) is 5.91 Å². The number of hydrogen-bond acceptors (Lipinski definition) is 4. The lowest BCUT2D eigenvalue weighted by Crippen LogP contribution is -2.37. The minimum absolute atomic E-state index is 0.117. The molecule has 6 nitrogen and oxygen atoms in total. The molecule has 0 N–H and O–H groups in total. The molecule has 2 heterocycles. The maximum atomic E-state index is 13.0. The lowest BCUT2D eigenvalue weighted by molar-refractivity contribution is -0.129. The van der Waals surface area contributed by atoms with Crippen molar-refractivity contribution in [2.24, 2.45) is 0 Å². The zero-order valence-electron chi connectivity index (χ0n) is 15.4. The number of benzene rings is 2. The molecule has 2 fully saturated rings. The second-order valence-electron chi connectivity index (χ2n) is 6.79. The van der Waals surface area contributed by atoms with Gasteiger partial charge in [0.2, 0.25) is 0 Å². The second-order valence-corrected chi connectivity index (χ2v) is 6.79. The smallest absolute Gasteiger partial charge is 0.328 e. The van der Waals surface area contributed by atoms with Crippen molar-refractivity contribution in [3.63, 3.8) is 0 Å². The molecule has 3 amide bonds. The summed E-state index contributed by atoms with van der Waals surface area (Å²) in [7, 11) is 3.22. The molecule has 2 aromatic carbocycles. The lowest BCUT2D eigenvalue weighted by atomic mass is 9.96. The van der Waals surface area contributed by atoms with Crippen LogP contribution in [0, 0.1) is 0 Å². The highest BCUT2D eigenvalue weighted by atomic mass is 16.5. The summed E-state index contributed by atoms with van der Waals surface area (Å²) >= 11 is 0. The van der Waals surface area contributed by atoms with E-state index < -0.39 is 6.04 Å². The average molecular weight is 366 g/mol. The third-order valence-electron chi connectivity index (χ3n) is 5.35. The number of ether oxygens (including phenoxy) is 2. The summed E-state index contributed by atoms with van der Waals surface area (Å²) in [5.41, 5.74) is 1.73. The largest absolute Gasteiger partial charge is 0.497 e. The molecule has 0 radical (unpaired) electrons. The summed E-state index contributed by atoms with van der Waals surface area (Å²) in [6.45, 7) is 0.643. The van der Waals surface area contributed by atoms with Gasteiger partial charge in [-0.25, -0.2) is 4.79 Å². The van der Waals surface area contributed by atoms with E-state index in [1.165, 1.54) is 4.90 Å². The predicted molar refractivity (Wildman–Crippen MR) is 99.8 cm³/mol. The number of carbonyl (C=O) groups excluding carboxylic acids is 2. The van der Waals surface area contributed by atoms with Crippen LogP contribution in [-0.4, -0.2) is 48.5 Å². The Bertz CT molecular complexity index is 778. The molecule has 27 heavy (non-hydrogen) atoms. The molecule has 0 saturated carbocycles. The van der Waals surface area contributed by atoms with E-state index in [9.17, 15) is 9.59 Å². The highest BCUT2D eigenvalue weighted by Gasteiger charge is 2.50. The van der Waals surface area contributed by atoms with E-state index in [4.69, 9.17) is 9.47 Å². The molecular formula is C21H22N2O4. The zero-order valence-corrected chi connectivity index (χ0v) is 15.4. The van der Waals surface area contributed by atoms with Gasteiger partial charge in [-0.2, -0.15) is 0 Å². The van der Waals surface area contributed by atoms with Gasteiger partial charge in [-0.3, -0.25) is 9.69 Å². The van der Waals surface area contributed by atoms with E-state index in [0.29, 0.717) is 6.54 Å². The number of urea groups is 1. The fourth-order valence-electron chi connectivity index (χ4n) is 3.95. The molecular weight excluding hydrogens is 344 g/mol. The van der Waals surface area contributed by atoms with Crippen molar-refractivity contribution in [1.82, 2.24) is 9.80 Å². The first-order chi connectivity index (χ1) is 13.1. The average Bonchev–Trinajstić information content (AvgIpc) is 3.29. The zero-order chi connectivity index (χ0) is 19.0. The van der Waals surface area contributed by atoms with Crippen molar-refractivity contribution < 1.29 is 19.1 Å². The maximum Gasteiger partial charge on any atom is 0.328 e. The number of hydrogen-bond donors (Lipinski definition) is 0. The van der Waals surface area contributed by atoms with Crippen molar-refractivity contribution in [2.75, 3.05) is 20.8 Å². The van der Waals surface area contributed by atoms with Crippen LogP contribution in [-0.2, 0) is 4.79 Å². The maximum absolute atomic E-state index is 13.0. The SMILES string of the molecule is COc1ccc(C(c2ccc(OC)cc2)N2C(=O)C3CCCN3C2=O)cc1. The first kappa shape index (κ1) is 17.4.